The zero-order valence-electron chi connectivity index (χ0n) is 15.7. The standard InChI is InChI=1S/C20H25N3O3/c1-5-23(20(25)15-9-11-17(12-10-15)22(2)3)14-19(24)21-16-7-6-8-18(13-16)26-4/h6-13H,5,14H2,1-4H3,(H,21,24). The van der Waals surface area contributed by atoms with Crippen molar-refractivity contribution in [3.8, 4) is 5.75 Å². The third-order valence-corrected chi connectivity index (χ3v) is 3.99. The largest absolute Gasteiger partial charge is 0.497 e. The number of rotatable bonds is 7. The van der Waals surface area contributed by atoms with Crippen molar-refractivity contribution in [3.05, 3.63) is 54.1 Å². The molecule has 1 N–H and O–H groups in total. The molecule has 0 bridgehead atoms. The second-order valence-corrected chi connectivity index (χ2v) is 6.04. The van der Waals surface area contributed by atoms with Gasteiger partial charge in [-0.05, 0) is 43.3 Å². The van der Waals surface area contributed by atoms with E-state index in [9.17, 15) is 9.59 Å². The Morgan fingerprint density at radius 1 is 1.08 bits per heavy atom. The van der Waals surface area contributed by atoms with Gasteiger partial charge in [0.1, 0.15) is 12.3 Å². The van der Waals surface area contributed by atoms with Crippen LogP contribution < -0.4 is 15.0 Å². The van der Waals surface area contributed by atoms with Crippen LogP contribution in [0.25, 0.3) is 0 Å². The molecule has 0 aromatic heterocycles. The van der Waals surface area contributed by atoms with Crippen molar-refractivity contribution < 1.29 is 14.3 Å². The minimum Gasteiger partial charge on any atom is -0.497 e. The molecule has 0 spiro atoms. The van der Waals surface area contributed by atoms with Crippen LogP contribution in [-0.4, -0.2) is 51.0 Å². The Morgan fingerprint density at radius 3 is 2.35 bits per heavy atom. The van der Waals surface area contributed by atoms with E-state index in [1.807, 2.05) is 38.1 Å². The zero-order valence-corrected chi connectivity index (χ0v) is 15.7. The number of carbonyl (C=O) groups is 2. The molecule has 6 nitrogen and oxygen atoms in total. The number of methoxy groups -OCH3 is 1. The fraction of sp³-hybridized carbons (Fsp3) is 0.300. The molecular weight excluding hydrogens is 330 g/mol. The van der Waals surface area contributed by atoms with E-state index in [2.05, 4.69) is 5.32 Å². The molecule has 0 radical (unpaired) electrons. The lowest BCUT2D eigenvalue weighted by atomic mass is 10.1. The summed E-state index contributed by atoms with van der Waals surface area (Å²) in [5.74, 6) is 0.240. The average molecular weight is 355 g/mol. The first-order chi connectivity index (χ1) is 12.4. The molecule has 0 aliphatic carbocycles. The van der Waals surface area contributed by atoms with Crippen LogP contribution in [0.1, 0.15) is 17.3 Å². The van der Waals surface area contributed by atoms with Crippen LogP contribution in [0.2, 0.25) is 0 Å². The Balaban J connectivity index is 2.02. The monoisotopic (exact) mass is 355 g/mol. The van der Waals surface area contributed by atoms with E-state index in [1.54, 1.807) is 43.5 Å². The van der Waals surface area contributed by atoms with Gasteiger partial charge in [0.15, 0.2) is 0 Å². The molecule has 26 heavy (non-hydrogen) atoms. The minimum absolute atomic E-state index is 0.0119. The summed E-state index contributed by atoms with van der Waals surface area (Å²) in [5, 5.41) is 2.79. The number of anilines is 2. The minimum atomic E-state index is -0.252. The van der Waals surface area contributed by atoms with Gasteiger partial charge in [-0.15, -0.1) is 0 Å². The van der Waals surface area contributed by atoms with Crippen LogP contribution in [-0.2, 0) is 4.79 Å². The number of likely N-dealkylation sites (N-methyl/N-ethyl adjacent to an activating group) is 1. The van der Waals surface area contributed by atoms with Crippen molar-refractivity contribution in [2.24, 2.45) is 0 Å². The number of amides is 2. The quantitative estimate of drug-likeness (QED) is 0.830. The lowest BCUT2D eigenvalue weighted by Gasteiger charge is -2.21. The lowest BCUT2D eigenvalue weighted by Crippen LogP contribution is -2.37. The summed E-state index contributed by atoms with van der Waals surface area (Å²) >= 11 is 0. The Kier molecular flexibility index (Phi) is 6.60. The second kappa shape index (κ2) is 8.89. The van der Waals surface area contributed by atoms with Gasteiger partial charge >= 0.3 is 0 Å². The summed E-state index contributed by atoms with van der Waals surface area (Å²) in [6.45, 7) is 2.28. The Bertz CT molecular complexity index is 757. The van der Waals surface area contributed by atoms with E-state index < -0.39 is 0 Å². The van der Waals surface area contributed by atoms with Gasteiger partial charge in [-0.2, -0.15) is 0 Å². The van der Waals surface area contributed by atoms with Crippen molar-refractivity contribution in [2.75, 3.05) is 44.5 Å². The van der Waals surface area contributed by atoms with Gasteiger partial charge in [0.25, 0.3) is 5.91 Å². The van der Waals surface area contributed by atoms with Crippen molar-refractivity contribution >= 4 is 23.2 Å². The maximum atomic E-state index is 12.7. The van der Waals surface area contributed by atoms with Crippen molar-refractivity contribution in [1.29, 1.82) is 0 Å². The number of nitrogens with zero attached hydrogens (tertiary/aromatic N) is 2. The summed E-state index contributed by atoms with van der Waals surface area (Å²) in [5.41, 5.74) is 2.21. The molecule has 0 heterocycles. The Hall–Kier alpha value is -3.02. The van der Waals surface area contributed by atoms with E-state index in [-0.39, 0.29) is 18.4 Å². The van der Waals surface area contributed by atoms with Crippen molar-refractivity contribution in [1.82, 2.24) is 4.90 Å². The molecule has 0 atom stereocenters. The van der Waals surface area contributed by atoms with Crippen molar-refractivity contribution in [2.45, 2.75) is 6.92 Å². The number of ether oxygens (including phenoxy) is 1. The van der Waals surface area contributed by atoms with Crippen LogP contribution in [0.3, 0.4) is 0 Å². The van der Waals surface area contributed by atoms with E-state index in [4.69, 9.17) is 4.74 Å². The highest BCUT2D eigenvalue weighted by Gasteiger charge is 2.17. The molecule has 0 saturated heterocycles. The van der Waals surface area contributed by atoms with E-state index in [0.717, 1.165) is 5.69 Å². The summed E-state index contributed by atoms with van der Waals surface area (Å²) in [6, 6.07) is 14.4. The number of benzene rings is 2. The van der Waals surface area contributed by atoms with Gasteiger partial charge in [-0.25, -0.2) is 0 Å². The van der Waals surface area contributed by atoms with Crippen LogP contribution in [0.15, 0.2) is 48.5 Å². The average Bonchev–Trinajstić information content (AvgIpc) is 2.65. The summed E-state index contributed by atoms with van der Waals surface area (Å²) in [6.07, 6.45) is 0. The van der Waals surface area contributed by atoms with E-state index in [0.29, 0.717) is 23.5 Å². The third kappa shape index (κ3) is 4.99. The highest BCUT2D eigenvalue weighted by Crippen LogP contribution is 2.17. The number of hydrogen-bond donors (Lipinski definition) is 1. The molecule has 6 heteroatoms. The maximum absolute atomic E-state index is 12.7. The topological polar surface area (TPSA) is 61.9 Å². The maximum Gasteiger partial charge on any atom is 0.254 e. The molecule has 2 aromatic rings. The van der Waals surface area contributed by atoms with Gasteiger partial charge in [-0.1, -0.05) is 6.07 Å². The number of nitrogens with one attached hydrogen (secondary N) is 1. The Labute approximate surface area is 154 Å². The molecule has 0 unspecified atom stereocenters. The van der Waals surface area contributed by atoms with Gasteiger partial charge in [0.05, 0.1) is 7.11 Å². The highest BCUT2D eigenvalue weighted by atomic mass is 16.5. The fourth-order valence-corrected chi connectivity index (χ4v) is 2.49. The van der Waals surface area contributed by atoms with Gasteiger partial charge < -0.3 is 19.9 Å². The van der Waals surface area contributed by atoms with Crippen molar-refractivity contribution in [3.63, 3.8) is 0 Å². The number of carbonyl (C=O) groups excluding carboxylic acids is 2. The molecule has 0 aliphatic heterocycles. The molecule has 0 fully saturated rings. The van der Waals surface area contributed by atoms with Gasteiger partial charge in [0.2, 0.25) is 5.91 Å². The summed E-state index contributed by atoms with van der Waals surface area (Å²) in [7, 11) is 5.45. The van der Waals surface area contributed by atoms with E-state index >= 15 is 0 Å². The van der Waals surface area contributed by atoms with Gasteiger partial charge in [-0.3, -0.25) is 9.59 Å². The van der Waals surface area contributed by atoms with Crippen LogP contribution >= 0.6 is 0 Å². The first-order valence-corrected chi connectivity index (χ1v) is 8.45. The molecule has 0 aliphatic rings. The Morgan fingerprint density at radius 2 is 1.77 bits per heavy atom. The first kappa shape index (κ1) is 19.3. The highest BCUT2D eigenvalue weighted by molar-refractivity contribution is 5.99. The second-order valence-electron chi connectivity index (χ2n) is 6.04. The van der Waals surface area contributed by atoms with Gasteiger partial charge in [0, 0.05) is 43.6 Å². The smallest absolute Gasteiger partial charge is 0.254 e. The lowest BCUT2D eigenvalue weighted by molar-refractivity contribution is -0.116. The van der Waals surface area contributed by atoms with Crippen LogP contribution in [0.4, 0.5) is 11.4 Å². The van der Waals surface area contributed by atoms with E-state index in [1.165, 1.54) is 4.90 Å². The van der Waals surface area contributed by atoms with Crippen LogP contribution in [0, 0.1) is 0 Å². The molecule has 138 valence electrons. The summed E-state index contributed by atoms with van der Waals surface area (Å²) in [4.78, 5) is 28.4. The van der Waals surface area contributed by atoms with Crippen LogP contribution in [0.5, 0.6) is 5.75 Å². The predicted octanol–water partition coefficient (Wildman–Crippen LogP) is 2.86. The molecule has 2 aromatic carbocycles. The SMILES string of the molecule is CCN(CC(=O)Nc1cccc(OC)c1)C(=O)c1ccc(N(C)C)cc1. The third-order valence-electron chi connectivity index (χ3n) is 3.99. The molecular formula is C20H25N3O3. The zero-order chi connectivity index (χ0) is 19.1. The predicted molar refractivity (Wildman–Crippen MR) is 104 cm³/mol. The number of hydrogen-bond acceptors (Lipinski definition) is 4. The molecule has 2 rings (SSSR count). The fourth-order valence-electron chi connectivity index (χ4n) is 2.49. The molecule has 2 amide bonds. The first-order valence-electron chi connectivity index (χ1n) is 8.45. The molecule has 0 saturated carbocycles. The normalized spacial score (nSPS) is 10.2. The summed E-state index contributed by atoms with van der Waals surface area (Å²) < 4.78 is 5.14.